The van der Waals surface area contributed by atoms with Crippen LogP contribution in [-0.2, 0) is 0 Å². The minimum atomic E-state index is -0.423. The summed E-state index contributed by atoms with van der Waals surface area (Å²) >= 11 is 7.51. The molecule has 2 nitrogen and oxygen atoms in total. The molecular formula is C13H9ClFNOS. The number of benzene rings is 1. The smallest absolute Gasteiger partial charge is 0.134 e. The molecule has 18 heavy (non-hydrogen) atoms. The van der Waals surface area contributed by atoms with Crippen LogP contribution in [0.2, 0.25) is 5.02 Å². The third kappa shape index (κ3) is 1.92. The summed E-state index contributed by atoms with van der Waals surface area (Å²) in [6, 6.07) is 7.50. The second kappa shape index (κ2) is 4.39. The van der Waals surface area contributed by atoms with Crippen LogP contribution < -0.4 is 5.73 Å². The van der Waals surface area contributed by atoms with Crippen molar-refractivity contribution in [2.45, 2.75) is 6.04 Å². The van der Waals surface area contributed by atoms with Gasteiger partial charge in [-0.3, -0.25) is 0 Å². The predicted molar refractivity (Wildman–Crippen MR) is 71.5 cm³/mol. The Morgan fingerprint density at radius 1 is 1.28 bits per heavy atom. The topological polar surface area (TPSA) is 39.2 Å². The summed E-state index contributed by atoms with van der Waals surface area (Å²) < 4.78 is 18.7. The first kappa shape index (κ1) is 11.7. The van der Waals surface area contributed by atoms with Crippen molar-refractivity contribution in [3.8, 4) is 0 Å². The standard InChI is InChI=1S/C13H9ClFNOS/c14-9-3-4-18-13(9)12(16)11-6-7-5-8(15)1-2-10(7)17-11/h1-6,12H,16H2. The molecule has 3 aromatic rings. The summed E-state index contributed by atoms with van der Waals surface area (Å²) in [5.74, 6) is 0.289. The van der Waals surface area contributed by atoms with Gasteiger partial charge < -0.3 is 10.2 Å². The molecule has 0 saturated heterocycles. The number of fused-ring (bicyclic) bond motifs is 1. The Kier molecular flexibility index (Phi) is 2.86. The van der Waals surface area contributed by atoms with Gasteiger partial charge in [-0.1, -0.05) is 11.6 Å². The third-order valence-corrected chi connectivity index (χ3v) is 4.17. The molecule has 3 rings (SSSR count). The van der Waals surface area contributed by atoms with Crippen molar-refractivity contribution >= 4 is 33.9 Å². The van der Waals surface area contributed by atoms with E-state index >= 15 is 0 Å². The average molecular weight is 282 g/mol. The molecule has 1 aromatic carbocycles. The Morgan fingerprint density at radius 3 is 2.83 bits per heavy atom. The highest BCUT2D eigenvalue weighted by Crippen LogP contribution is 2.33. The van der Waals surface area contributed by atoms with Gasteiger partial charge in [-0.2, -0.15) is 0 Å². The first-order valence-corrected chi connectivity index (χ1v) is 6.58. The maximum absolute atomic E-state index is 13.1. The lowest BCUT2D eigenvalue weighted by Crippen LogP contribution is -2.09. The molecule has 0 spiro atoms. The van der Waals surface area contributed by atoms with Gasteiger partial charge in [0.15, 0.2) is 0 Å². The predicted octanol–water partition coefficient (Wildman–Crippen LogP) is 4.33. The lowest BCUT2D eigenvalue weighted by Gasteiger charge is -2.06. The largest absolute Gasteiger partial charge is 0.459 e. The number of halogens is 2. The molecule has 1 atom stereocenters. The van der Waals surface area contributed by atoms with E-state index in [1.807, 2.05) is 5.38 Å². The number of rotatable bonds is 2. The van der Waals surface area contributed by atoms with Gasteiger partial charge in [0.2, 0.25) is 0 Å². The summed E-state index contributed by atoms with van der Waals surface area (Å²) in [5.41, 5.74) is 6.72. The maximum atomic E-state index is 13.1. The maximum Gasteiger partial charge on any atom is 0.134 e. The van der Waals surface area contributed by atoms with E-state index in [1.165, 1.54) is 23.5 Å². The van der Waals surface area contributed by atoms with Gasteiger partial charge in [0.05, 0.1) is 11.1 Å². The van der Waals surface area contributed by atoms with Crippen molar-refractivity contribution in [3.05, 3.63) is 57.2 Å². The zero-order valence-electron chi connectivity index (χ0n) is 9.19. The Morgan fingerprint density at radius 2 is 2.11 bits per heavy atom. The quantitative estimate of drug-likeness (QED) is 0.759. The lowest BCUT2D eigenvalue weighted by atomic mass is 10.2. The number of nitrogens with two attached hydrogens (primary N) is 1. The van der Waals surface area contributed by atoms with E-state index in [0.29, 0.717) is 21.8 Å². The molecule has 0 radical (unpaired) electrons. The molecule has 2 heterocycles. The molecule has 0 aliphatic heterocycles. The van der Waals surface area contributed by atoms with Crippen molar-refractivity contribution < 1.29 is 8.81 Å². The van der Waals surface area contributed by atoms with Gasteiger partial charge in [0.1, 0.15) is 17.2 Å². The van der Waals surface area contributed by atoms with Crippen molar-refractivity contribution in [1.82, 2.24) is 0 Å². The molecule has 92 valence electrons. The van der Waals surface area contributed by atoms with Crippen molar-refractivity contribution in [2.75, 3.05) is 0 Å². The number of thiophene rings is 1. The van der Waals surface area contributed by atoms with Gasteiger partial charge in [-0.05, 0) is 35.7 Å². The Bertz CT molecular complexity index is 706. The Balaban J connectivity index is 2.07. The second-order valence-electron chi connectivity index (χ2n) is 3.94. The number of furan rings is 1. The summed E-state index contributed by atoms with van der Waals surface area (Å²) in [5, 5.41) is 3.20. The molecule has 5 heteroatoms. The average Bonchev–Trinajstić information content (AvgIpc) is 2.93. The van der Waals surface area contributed by atoms with E-state index in [0.717, 1.165) is 4.88 Å². The Labute approximate surface area is 112 Å². The molecule has 0 aliphatic rings. The van der Waals surface area contributed by atoms with Gasteiger partial charge in [-0.15, -0.1) is 11.3 Å². The monoisotopic (exact) mass is 281 g/mol. The van der Waals surface area contributed by atoms with Crippen molar-refractivity contribution in [3.63, 3.8) is 0 Å². The lowest BCUT2D eigenvalue weighted by molar-refractivity contribution is 0.527. The van der Waals surface area contributed by atoms with Crippen molar-refractivity contribution in [1.29, 1.82) is 0 Å². The van der Waals surface area contributed by atoms with Gasteiger partial charge >= 0.3 is 0 Å². The normalized spacial score (nSPS) is 13.1. The highest BCUT2D eigenvalue weighted by atomic mass is 35.5. The fraction of sp³-hybridized carbons (Fsp3) is 0.0769. The minimum Gasteiger partial charge on any atom is -0.459 e. The van der Waals surface area contributed by atoms with E-state index in [-0.39, 0.29) is 5.82 Å². The van der Waals surface area contributed by atoms with Crippen LogP contribution in [0.25, 0.3) is 11.0 Å². The van der Waals surface area contributed by atoms with Crippen LogP contribution >= 0.6 is 22.9 Å². The molecular weight excluding hydrogens is 273 g/mol. The van der Waals surface area contributed by atoms with E-state index < -0.39 is 6.04 Å². The molecule has 0 aliphatic carbocycles. The fourth-order valence-electron chi connectivity index (χ4n) is 1.84. The van der Waals surface area contributed by atoms with Crippen LogP contribution in [0.3, 0.4) is 0 Å². The summed E-state index contributed by atoms with van der Waals surface area (Å²) in [6.07, 6.45) is 0. The van der Waals surface area contributed by atoms with Crippen LogP contribution in [0.1, 0.15) is 16.7 Å². The zero-order chi connectivity index (χ0) is 12.7. The molecule has 0 saturated carbocycles. The molecule has 0 amide bonds. The Hall–Kier alpha value is -1.36. The molecule has 0 fully saturated rings. The summed E-state index contributed by atoms with van der Waals surface area (Å²) in [6.45, 7) is 0. The first-order valence-electron chi connectivity index (χ1n) is 5.32. The van der Waals surface area contributed by atoms with E-state index in [9.17, 15) is 4.39 Å². The fourth-order valence-corrected chi connectivity index (χ4v) is 3.03. The van der Waals surface area contributed by atoms with Crippen LogP contribution in [-0.4, -0.2) is 0 Å². The van der Waals surface area contributed by atoms with Gasteiger partial charge in [-0.25, -0.2) is 4.39 Å². The van der Waals surface area contributed by atoms with E-state index in [2.05, 4.69) is 0 Å². The van der Waals surface area contributed by atoms with Crippen LogP contribution in [0, 0.1) is 5.82 Å². The number of hydrogen-bond donors (Lipinski definition) is 1. The molecule has 1 unspecified atom stereocenters. The highest BCUT2D eigenvalue weighted by Gasteiger charge is 2.18. The first-order chi connectivity index (χ1) is 8.65. The zero-order valence-corrected chi connectivity index (χ0v) is 10.8. The number of hydrogen-bond acceptors (Lipinski definition) is 3. The van der Waals surface area contributed by atoms with Crippen molar-refractivity contribution in [2.24, 2.45) is 5.73 Å². The SMILES string of the molecule is NC(c1cc2cc(F)ccc2o1)c1sccc1Cl. The molecule has 2 aromatic heterocycles. The van der Waals surface area contributed by atoms with E-state index in [1.54, 1.807) is 18.2 Å². The second-order valence-corrected chi connectivity index (χ2v) is 5.30. The highest BCUT2D eigenvalue weighted by molar-refractivity contribution is 7.10. The summed E-state index contributed by atoms with van der Waals surface area (Å²) in [4.78, 5) is 0.844. The minimum absolute atomic E-state index is 0.294. The van der Waals surface area contributed by atoms with Crippen LogP contribution in [0.4, 0.5) is 4.39 Å². The molecule has 2 N–H and O–H groups in total. The third-order valence-electron chi connectivity index (χ3n) is 2.73. The van der Waals surface area contributed by atoms with Gasteiger partial charge in [0.25, 0.3) is 0 Å². The van der Waals surface area contributed by atoms with Crippen LogP contribution in [0.15, 0.2) is 40.1 Å². The van der Waals surface area contributed by atoms with E-state index in [4.69, 9.17) is 21.8 Å². The summed E-state index contributed by atoms with van der Waals surface area (Å²) in [7, 11) is 0. The van der Waals surface area contributed by atoms with Gasteiger partial charge in [0, 0.05) is 10.3 Å². The van der Waals surface area contributed by atoms with Crippen LogP contribution in [0.5, 0.6) is 0 Å². The molecule has 0 bridgehead atoms.